The molecular formula is C16H28O5. The first-order valence-electron chi connectivity index (χ1n) is 8.08. The highest BCUT2D eigenvalue weighted by Gasteiger charge is 2.26. The minimum atomic E-state index is 0.0675. The molecular weight excluding hydrogens is 272 g/mol. The van der Waals surface area contributed by atoms with E-state index in [9.17, 15) is 0 Å². The van der Waals surface area contributed by atoms with Crippen molar-refractivity contribution in [1.29, 1.82) is 0 Å². The third-order valence-corrected chi connectivity index (χ3v) is 3.60. The maximum absolute atomic E-state index is 5.94. The van der Waals surface area contributed by atoms with Crippen molar-refractivity contribution in [2.24, 2.45) is 0 Å². The van der Waals surface area contributed by atoms with Gasteiger partial charge in [0.05, 0.1) is 25.9 Å². The number of rotatable bonds is 0. The largest absolute Gasteiger partial charge is 0.379 e. The van der Waals surface area contributed by atoms with Crippen molar-refractivity contribution in [3.63, 3.8) is 0 Å². The van der Waals surface area contributed by atoms with Crippen molar-refractivity contribution in [1.82, 2.24) is 0 Å². The lowest BCUT2D eigenvalue weighted by Crippen LogP contribution is -2.40. The first-order valence-corrected chi connectivity index (χ1v) is 8.08. The van der Waals surface area contributed by atoms with Gasteiger partial charge in [0.1, 0.15) is 6.10 Å². The summed E-state index contributed by atoms with van der Waals surface area (Å²) in [7, 11) is 0. The molecule has 0 aliphatic carbocycles. The molecule has 2 aliphatic heterocycles. The molecule has 1 saturated heterocycles. The Morgan fingerprint density at radius 2 is 1.24 bits per heavy atom. The SMILES string of the molecule is C1=C/COCCCO[C@H]2CCCO[C@@H]2COCCCOC/1. The molecule has 2 aliphatic rings. The van der Waals surface area contributed by atoms with Gasteiger partial charge in [-0.1, -0.05) is 12.2 Å². The zero-order valence-electron chi connectivity index (χ0n) is 12.8. The Morgan fingerprint density at radius 1 is 0.619 bits per heavy atom. The highest BCUT2D eigenvalue weighted by Crippen LogP contribution is 2.18. The molecule has 122 valence electrons. The Morgan fingerprint density at radius 3 is 2.05 bits per heavy atom. The molecule has 2 heterocycles. The summed E-state index contributed by atoms with van der Waals surface area (Å²) in [5.74, 6) is 0. The van der Waals surface area contributed by atoms with Gasteiger partial charge in [0.15, 0.2) is 0 Å². The van der Waals surface area contributed by atoms with Crippen molar-refractivity contribution < 1.29 is 23.7 Å². The van der Waals surface area contributed by atoms with Crippen LogP contribution in [0.5, 0.6) is 0 Å². The Bertz CT molecular complexity index is 282. The molecule has 0 spiro atoms. The summed E-state index contributed by atoms with van der Waals surface area (Å²) in [4.78, 5) is 0. The van der Waals surface area contributed by atoms with Crippen LogP contribution in [0.4, 0.5) is 0 Å². The summed E-state index contributed by atoms with van der Waals surface area (Å²) >= 11 is 0. The number of fused-ring (bicyclic) bond motifs is 1. The van der Waals surface area contributed by atoms with Crippen LogP contribution in [-0.2, 0) is 23.7 Å². The molecule has 1 fully saturated rings. The van der Waals surface area contributed by atoms with E-state index in [1.807, 2.05) is 12.2 Å². The third kappa shape index (κ3) is 7.38. The molecule has 2 rings (SSSR count). The monoisotopic (exact) mass is 300 g/mol. The first-order chi connectivity index (χ1) is 10.5. The molecule has 21 heavy (non-hydrogen) atoms. The minimum absolute atomic E-state index is 0.0675. The average Bonchev–Trinajstić information content (AvgIpc) is 2.52. The fourth-order valence-corrected chi connectivity index (χ4v) is 2.46. The second kappa shape index (κ2) is 11.2. The number of hydrogen-bond donors (Lipinski definition) is 0. The van der Waals surface area contributed by atoms with Crippen LogP contribution in [0.25, 0.3) is 0 Å². The molecule has 0 N–H and O–H groups in total. The first kappa shape index (κ1) is 16.9. The summed E-state index contributed by atoms with van der Waals surface area (Å²) < 4.78 is 28.4. The van der Waals surface area contributed by atoms with E-state index < -0.39 is 0 Å². The van der Waals surface area contributed by atoms with Crippen LogP contribution in [0.2, 0.25) is 0 Å². The Labute approximate surface area is 127 Å². The van der Waals surface area contributed by atoms with Crippen molar-refractivity contribution in [3.05, 3.63) is 12.2 Å². The molecule has 0 aromatic heterocycles. The molecule has 0 unspecified atom stereocenters. The smallest absolute Gasteiger partial charge is 0.107 e. The normalized spacial score (nSPS) is 32.8. The van der Waals surface area contributed by atoms with Gasteiger partial charge in [-0.05, 0) is 25.7 Å². The van der Waals surface area contributed by atoms with E-state index in [4.69, 9.17) is 23.7 Å². The molecule has 0 aromatic carbocycles. The summed E-state index contributed by atoms with van der Waals surface area (Å²) in [6, 6.07) is 0. The second-order valence-corrected chi connectivity index (χ2v) is 5.36. The van der Waals surface area contributed by atoms with Crippen molar-refractivity contribution in [2.75, 3.05) is 52.9 Å². The van der Waals surface area contributed by atoms with E-state index in [2.05, 4.69) is 0 Å². The van der Waals surface area contributed by atoms with Gasteiger partial charge in [0.2, 0.25) is 0 Å². The summed E-state index contributed by atoms with van der Waals surface area (Å²) in [6.45, 7) is 5.57. The second-order valence-electron chi connectivity index (χ2n) is 5.36. The predicted molar refractivity (Wildman–Crippen MR) is 79.5 cm³/mol. The van der Waals surface area contributed by atoms with Gasteiger partial charge in [0, 0.05) is 33.0 Å². The van der Waals surface area contributed by atoms with Crippen LogP contribution in [0.15, 0.2) is 12.2 Å². The fraction of sp³-hybridized carbons (Fsp3) is 0.875. The number of ether oxygens (including phenoxy) is 5. The van der Waals surface area contributed by atoms with Crippen molar-refractivity contribution >= 4 is 0 Å². The molecule has 0 saturated carbocycles. The van der Waals surface area contributed by atoms with Gasteiger partial charge in [-0.15, -0.1) is 0 Å². The quantitative estimate of drug-likeness (QED) is 0.640. The summed E-state index contributed by atoms with van der Waals surface area (Å²) in [5.41, 5.74) is 0. The molecule has 5 nitrogen and oxygen atoms in total. The molecule has 0 amide bonds. The molecule has 0 radical (unpaired) electrons. The van der Waals surface area contributed by atoms with E-state index in [-0.39, 0.29) is 12.2 Å². The summed E-state index contributed by atoms with van der Waals surface area (Å²) in [6.07, 6.45) is 8.16. The van der Waals surface area contributed by atoms with E-state index in [1.165, 1.54) is 0 Å². The lowest BCUT2D eigenvalue weighted by atomic mass is 10.1. The lowest BCUT2D eigenvalue weighted by molar-refractivity contribution is -0.132. The van der Waals surface area contributed by atoms with Crippen LogP contribution < -0.4 is 0 Å². The minimum Gasteiger partial charge on any atom is -0.379 e. The van der Waals surface area contributed by atoms with Gasteiger partial charge < -0.3 is 23.7 Å². The molecule has 0 aromatic rings. The van der Waals surface area contributed by atoms with E-state index in [0.717, 1.165) is 52.1 Å². The predicted octanol–water partition coefficient (Wildman–Crippen LogP) is 1.95. The van der Waals surface area contributed by atoms with Gasteiger partial charge in [-0.3, -0.25) is 0 Å². The van der Waals surface area contributed by atoms with Crippen LogP contribution in [0.3, 0.4) is 0 Å². The average molecular weight is 300 g/mol. The van der Waals surface area contributed by atoms with Crippen LogP contribution in [0, 0.1) is 0 Å². The van der Waals surface area contributed by atoms with E-state index in [0.29, 0.717) is 26.4 Å². The lowest BCUT2D eigenvalue weighted by Gasteiger charge is -2.31. The topological polar surface area (TPSA) is 46.2 Å². The van der Waals surface area contributed by atoms with E-state index in [1.54, 1.807) is 0 Å². The molecule has 2 atom stereocenters. The third-order valence-electron chi connectivity index (χ3n) is 3.60. The standard InChI is InChI=1S/C16H28O5/c1-2-8-18-10-5-13-20-15-6-3-12-21-16(15)14-19-11-4-9-17-7-1/h1-2,15-16H,3-14H2/b2-1+/t15-,16+/m0/s1. The van der Waals surface area contributed by atoms with E-state index >= 15 is 0 Å². The zero-order valence-corrected chi connectivity index (χ0v) is 12.8. The van der Waals surface area contributed by atoms with Crippen LogP contribution >= 0.6 is 0 Å². The maximum atomic E-state index is 5.94. The van der Waals surface area contributed by atoms with Gasteiger partial charge in [0.25, 0.3) is 0 Å². The summed E-state index contributed by atoms with van der Waals surface area (Å²) in [5, 5.41) is 0. The zero-order chi connectivity index (χ0) is 14.6. The van der Waals surface area contributed by atoms with Crippen molar-refractivity contribution in [2.45, 2.75) is 37.9 Å². The highest BCUT2D eigenvalue weighted by molar-refractivity contribution is 4.81. The fourth-order valence-electron chi connectivity index (χ4n) is 2.46. The maximum Gasteiger partial charge on any atom is 0.107 e. The molecule has 0 bridgehead atoms. The van der Waals surface area contributed by atoms with Crippen molar-refractivity contribution in [3.8, 4) is 0 Å². The van der Waals surface area contributed by atoms with Gasteiger partial charge in [-0.25, -0.2) is 0 Å². The van der Waals surface area contributed by atoms with Crippen LogP contribution in [-0.4, -0.2) is 65.1 Å². The number of hydrogen-bond acceptors (Lipinski definition) is 5. The van der Waals surface area contributed by atoms with Gasteiger partial charge >= 0.3 is 0 Å². The Balaban J connectivity index is 1.73. The van der Waals surface area contributed by atoms with Crippen LogP contribution in [0.1, 0.15) is 25.7 Å². The Hall–Kier alpha value is -0.460. The van der Waals surface area contributed by atoms with Gasteiger partial charge in [-0.2, -0.15) is 0 Å². The molecule has 5 heteroatoms. The Kier molecular flexibility index (Phi) is 8.98. The highest BCUT2D eigenvalue weighted by atomic mass is 16.6.